The topological polar surface area (TPSA) is 64.3 Å². The third-order valence-corrected chi connectivity index (χ3v) is 3.66. The normalized spacial score (nSPS) is 10.4. The summed E-state index contributed by atoms with van der Waals surface area (Å²) < 4.78 is 5.10. The van der Waals surface area contributed by atoms with Crippen molar-refractivity contribution in [3.63, 3.8) is 0 Å². The van der Waals surface area contributed by atoms with Crippen LogP contribution in [-0.4, -0.2) is 13.0 Å². The van der Waals surface area contributed by atoms with Gasteiger partial charge in [0.15, 0.2) is 0 Å². The van der Waals surface area contributed by atoms with Gasteiger partial charge in [0.25, 0.3) is 5.91 Å². The Labute approximate surface area is 132 Å². The number of hydrogen-bond acceptors (Lipinski definition) is 3. The van der Waals surface area contributed by atoms with E-state index in [2.05, 4.69) is 5.32 Å². The summed E-state index contributed by atoms with van der Waals surface area (Å²) in [4.78, 5) is 12.3. The Morgan fingerprint density at radius 1 is 1.29 bits per heavy atom. The highest BCUT2D eigenvalue weighted by Crippen LogP contribution is 2.29. The monoisotopic (exact) mass is 324 g/mol. The number of para-hydroxylation sites is 1. The van der Waals surface area contributed by atoms with Gasteiger partial charge in [-0.05, 0) is 18.2 Å². The number of carbonyl (C=O) groups excluding carboxylic acids is 1. The van der Waals surface area contributed by atoms with Crippen LogP contribution in [0.4, 0.5) is 11.4 Å². The van der Waals surface area contributed by atoms with Crippen LogP contribution in [0.5, 0.6) is 0 Å². The van der Waals surface area contributed by atoms with Crippen LogP contribution in [0.25, 0.3) is 0 Å². The van der Waals surface area contributed by atoms with Gasteiger partial charge in [0.2, 0.25) is 0 Å². The smallest absolute Gasteiger partial charge is 0.257 e. The number of nitrogens with one attached hydrogen (secondary N) is 1. The third kappa shape index (κ3) is 3.67. The first-order valence-electron chi connectivity index (χ1n) is 6.15. The minimum absolute atomic E-state index is 0.174. The third-order valence-electron chi connectivity index (χ3n) is 2.86. The van der Waals surface area contributed by atoms with Gasteiger partial charge in [-0.1, -0.05) is 41.4 Å². The summed E-state index contributed by atoms with van der Waals surface area (Å²) in [5, 5.41) is 3.21. The fraction of sp³-hybridized carbons (Fsp3) is 0.133. The number of anilines is 2. The molecule has 0 aliphatic carbocycles. The SMILES string of the molecule is COCc1ccccc1NC(=O)c1cc(N)cc(Cl)c1Cl. The maximum Gasteiger partial charge on any atom is 0.257 e. The van der Waals surface area contributed by atoms with Crippen LogP contribution in [0.1, 0.15) is 15.9 Å². The van der Waals surface area contributed by atoms with E-state index in [-0.39, 0.29) is 21.5 Å². The summed E-state index contributed by atoms with van der Waals surface area (Å²) in [5.41, 5.74) is 7.81. The van der Waals surface area contributed by atoms with Crippen LogP contribution >= 0.6 is 23.2 Å². The lowest BCUT2D eigenvalue weighted by atomic mass is 10.1. The molecule has 21 heavy (non-hydrogen) atoms. The fourth-order valence-electron chi connectivity index (χ4n) is 1.89. The molecule has 0 saturated heterocycles. The maximum atomic E-state index is 12.3. The van der Waals surface area contributed by atoms with Crippen LogP contribution in [0.15, 0.2) is 36.4 Å². The molecule has 110 valence electrons. The Balaban J connectivity index is 2.31. The molecular formula is C15H14Cl2N2O2. The Morgan fingerprint density at radius 2 is 2.00 bits per heavy atom. The van der Waals surface area contributed by atoms with Gasteiger partial charge in [0.05, 0.1) is 22.2 Å². The van der Waals surface area contributed by atoms with Crippen molar-refractivity contribution >= 4 is 40.5 Å². The molecule has 0 aliphatic rings. The standard InChI is InChI=1S/C15H14Cl2N2O2/c1-21-8-9-4-2-3-5-13(9)19-15(20)11-6-10(18)7-12(16)14(11)17/h2-7H,8,18H2,1H3,(H,19,20). The van der Waals surface area contributed by atoms with Crippen LogP contribution in [-0.2, 0) is 11.3 Å². The van der Waals surface area contributed by atoms with E-state index < -0.39 is 0 Å². The van der Waals surface area contributed by atoms with Crippen molar-refractivity contribution in [2.75, 3.05) is 18.2 Å². The second-order valence-corrected chi connectivity index (χ2v) is 5.19. The first kappa shape index (κ1) is 15.6. The first-order valence-corrected chi connectivity index (χ1v) is 6.91. The van der Waals surface area contributed by atoms with Crippen LogP contribution < -0.4 is 11.1 Å². The Bertz CT molecular complexity index is 675. The number of methoxy groups -OCH3 is 1. The van der Waals surface area contributed by atoms with Gasteiger partial charge in [0, 0.05) is 24.0 Å². The summed E-state index contributed by atoms with van der Waals surface area (Å²) in [6.45, 7) is 0.391. The van der Waals surface area contributed by atoms with Gasteiger partial charge in [0.1, 0.15) is 0 Å². The van der Waals surface area contributed by atoms with E-state index in [1.807, 2.05) is 18.2 Å². The molecule has 0 aromatic heterocycles. The fourth-order valence-corrected chi connectivity index (χ4v) is 2.31. The molecule has 0 fully saturated rings. The molecule has 0 bridgehead atoms. The number of halogens is 2. The zero-order valence-corrected chi connectivity index (χ0v) is 12.8. The van der Waals surface area contributed by atoms with E-state index in [0.29, 0.717) is 18.0 Å². The summed E-state index contributed by atoms with van der Waals surface area (Å²) >= 11 is 12.0. The van der Waals surface area contributed by atoms with Gasteiger partial charge in [-0.15, -0.1) is 0 Å². The zero-order chi connectivity index (χ0) is 15.4. The minimum atomic E-state index is -0.377. The predicted octanol–water partition coefficient (Wildman–Crippen LogP) is 3.97. The number of carbonyl (C=O) groups is 1. The van der Waals surface area contributed by atoms with Gasteiger partial charge < -0.3 is 15.8 Å². The minimum Gasteiger partial charge on any atom is -0.399 e. The Morgan fingerprint density at radius 3 is 2.71 bits per heavy atom. The molecule has 2 aromatic carbocycles. The number of nitrogen functional groups attached to an aromatic ring is 1. The molecule has 0 atom stereocenters. The highest BCUT2D eigenvalue weighted by molar-refractivity contribution is 6.44. The number of hydrogen-bond donors (Lipinski definition) is 2. The molecule has 0 spiro atoms. The van der Waals surface area contributed by atoms with Crippen LogP contribution in [0.3, 0.4) is 0 Å². The van der Waals surface area contributed by atoms with E-state index in [9.17, 15) is 4.79 Å². The number of amides is 1. The molecule has 0 aliphatic heterocycles. The average molecular weight is 325 g/mol. The molecule has 3 N–H and O–H groups in total. The molecule has 0 unspecified atom stereocenters. The number of benzene rings is 2. The molecule has 0 heterocycles. The molecular weight excluding hydrogens is 311 g/mol. The lowest BCUT2D eigenvalue weighted by molar-refractivity contribution is 0.102. The lowest BCUT2D eigenvalue weighted by Gasteiger charge is -2.12. The summed E-state index contributed by atoms with van der Waals surface area (Å²) in [6.07, 6.45) is 0. The van der Waals surface area contributed by atoms with Crippen molar-refractivity contribution in [1.29, 1.82) is 0 Å². The number of rotatable bonds is 4. The Hall–Kier alpha value is -1.75. The van der Waals surface area contributed by atoms with Gasteiger partial charge in [-0.2, -0.15) is 0 Å². The van der Waals surface area contributed by atoms with Crippen molar-refractivity contribution in [2.45, 2.75) is 6.61 Å². The maximum absolute atomic E-state index is 12.3. The largest absolute Gasteiger partial charge is 0.399 e. The predicted molar refractivity (Wildman–Crippen MR) is 86.0 cm³/mol. The van der Waals surface area contributed by atoms with Crippen LogP contribution in [0, 0.1) is 0 Å². The highest BCUT2D eigenvalue weighted by Gasteiger charge is 2.15. The van der Waals surface area contributed by atoms with Crippen molar-refractivity contribution in [2.24, 2.45) is 0 Å². The molecule has 2 aromatic rings. The Kier molecular flexibility index (Phi) is 5.07. The molecule has 1 amide bonds. The summed E-state index contributed by atoms with van der Waals surface area (Å²) in [7, 11) is 1.59. The van der Waals surface area contributed by atoms with E-state index in [4.69, 9.17) is 33.7 Å². The molecule has 6 heteroatoms. The second kappa shape index (κ2) is 6.80. The summed E-state index contributed by atoms with van der Waals surface area (Å²) in [6, 6.07) is 10.3. The van der Waals surface area contributed by atoms with Gasteiger partial charge >= 0.3 is 0 Å². The quantitative estimate of drug-likeness (QED) is 0.836. The van der Waals surface area contributed by atoms with Crippen molar-refractivity contribution in [1.82, 2.24) is 0 Å². The highest BCUT2D eigenvalue weighted by atomic mass is 35.5. The van der Waals surface area contributed by atoms with Gasteiger partial charge in [-0.25, -0.2) is 0 Å². The zero-order valence-electron chi connectivity index (χ0n) is 11.3. The molecule has 0 saturated carbocycles. The summed E-state index contributed by atoms with van der Waals surface area (Å²) in [5.74, 6) is -0.377. The second-order valence-electron chi connectivity index (χ2n) is 4.41. The van der Waals surface area contributed by atoms with E-state index in [0.717, 1.165) is 5.56 Å². The van der Waals surface area contributed by atoms with Gasteiger partial charge in [-0.3, -0.25) is 4.79 Å². The number of nitrogens with two attached hydrogens (primary N) is 1. The van der Waals surface area contributed by atoms with E-state index in [1.54, 1.807) is 13.2 Å². The molecule has 4 nitrogen and oxygen atoms in total. The first-order chi connectivity index (χ1) is 10.0. The van der Waals surface area contributed by atoms with Crippen LogP contribution in [0.2, 0.25) is 10.0 Å². The number of ether oxygens (including phenoxy) is 1. The van der Waals surface area contributed by atoms with E-state index >= 15 is 0 Å². The van der Waals surface area contributed by atoms with Crippen molar-refractivity contribution < 1.29 is 9.53 Å². The van der Waals surface area contributed by atoms with E-state index in [1.165, 1.54) is 12.1 Å². The molecule has 2 rings (SSSR count). The average Bonchev–Trinajstić information content (AvgIpc) is 2.45. The van der Waals surface area contributed by atoms with Crippen molar-refractivity contribution in [3.05, 3.63) is 57.6 Å². The molecule has 0 radical (unpaired) electrons. The lowest BCUT2D eigenvalue weighted by Crippen LogP contribution is -2.14. The van der Waals surface area contributed by atoms with Crippen molar-refractivity contribution in [3.8, 4) is 0 Å².